The third kappa shape index (κ3) is 7.88. The number of unbranched alkanes of at least 4 members (excludes halogenated alkanes) is 2. The quantitative estimate of drug-likeness (QED) is 0.185. The Labute approximate surface area is 201 Å². The highest BCUT2D eigenvalue weighted by molar-refractivity contribution is 5.91. The SMILES string of the molecule is CCCCCc1ccc(OC(=O)c2ccc(C3=CCC(CCC(CC)CC)CC3)cc2)cc1. The van der Waals surface area contributed by atoms with Gasteiger partial charge in [-0.25, -0.2) is 4.79 Å². The highest BCUT2D eigenvalue weighted by Crippen LogP contribution is 2.34. The summed E-state index contributed by atoms with van der Waals surface area (Å²) in [6.45, 7) is 6.85. The summed E-state index contributed by atoms with van der Waals surface area (Å²) in [5.41, 5.74) is 4.56. The molecule has 0 aliphatic heterocycles. The van der Waals surface area contributed by atoms with Gasteiger partial charge < -0.3 is 4.74 Å². The smallest absolute Gasteiger partial charge is 0.343 e. The monoisotopic (exact) mass is 446 g/mol. The number of carbonyl (C=O) groups excluding carboxylic acids is 1. The predicted molar refractivity (Wildman–Crippen MR) is 140 cm³/mol. The summed E-state index contributed by atoms with van der Waals surface area (Å²) < 4.78 is 5.59. The number of aryl methyl sites for hydroxylation is 1. The van der Waals surface area contributed by atoms with E-state index in [1.165, 1.54) is 74.5 Å². The third-order valence-corrected chi connectivity index (χ3v) is 7.35. The molecule has 178 valence electrons. The molecule has 0 spiro atoms. The van der Waals surface area contributed by atoms with Gasteiger partial charge in [0.25, 0.3) is 0 Å². The molecule has 2 nitrogen and oxygen atoms in total. The summed E-state index contributed by atoms with van der Waals surface area (Å²) in [5.74, 6) is 2.05. The fraction of sp³-hybridized carbons (Fsp3) is 0.516. The fourth-order valence-electron chi connectivity index (χ4n) is 4.87. The van der Waals surface area contributed by atoms with E-state index in [1.807, 2.05) is 24.3 Å². The molecule has 0 saturated heterocycles. The highest BCUT2D eigenvalue weighted by atomic mass is 16.5. The molecule has 1 unspecified atom stereocenters. The second-order valence-electron chi connectivity index (χ2n) is 9.70. The molecule has 3 rings (SSSR count). The topological polar surface area (TPSA) is 26.3 Å². The minimum absolute atomic E-state index is 0.292. The summed E-state index contributed by atoms with van der Waals surface area (Å²) >= 11 is 0. The van der Waals surface area contributed by atoms with Crippen molar-refractivity contribution in [1.82, 2.24) is 0 Å². The van der Waals surface area contributed by atoms with Crippen LogP contribution in [0.4, 0.5) is 0 Å². The highest BCUT2D eigenvalue weighted by Gasteiger charge is 2.17. The first-order chi connectivity index (χ1) is 16.1. The van der Waals surface area contributed by atoms with Crippen LogP contribution < -0.4 is 4.74 Å². The molecule has 0 aromatic heterocycles. The lowest BCUT2D eigenvalue weighted by molar-refractivity contribution is 0.0734. The summed E-state index contributed by atoms with van der Waals surface area (Å²) in [6, 6.07) is 15.9. The van der Waals surface area contributed by atoms with E-state index in [9.17, 15) is 4.79 Å². The fourth-order valence-corrected chi connectivity index (χ4v) is 4.87. The maximum Gasteiger partial charge on any atom is 0.343 e. The average molecular weight is 447 g/mol. The number of hydrogen-bond acceptors (Lipinski definition) is 2. The van der Waals surface area contributed by atoms with Crippen molar-refractivity contribution in [3.8, 4) is 5.75 Å². The lowest BCUT2D eigenvalue weighted by Gasteiger charge is -2.24. The van der Waals surface area contributed by atoms with Crippen LogP contribution in [-0.4, -0.2) is 5.97 Å². The summed E-state index contributed by atoms with van der Waals surface area (Å²) in [5, 5.41) is 0. The van der Waals surface area contributed by atoms with E-state index in [-0.39, 0.29) is 5.97 Å². The number of esters is 1. The van der Waals surface area contributed by atoms with Crippen LogP contribution in [0.15, 0.2) is 54.6 Å². The van der Waals surface area contributed by atoms with E-state index in [2.05, 4.69) is 51.1 Å². The number of benzene rings is 2. The van der Waals surface area contributed by atoms with Crippen LogP contribution >= 0.6 is 0 Å². The minimum Gasteiger partial charge on any atom is -0.423 e. The van der Waals surface area contributed by atoms with Crippen molar-refractivity contribution >= 4 is 11.5 Å². The Morgan fingerprint density at radius 1 is 0.970 bits per heavy atom. The Morgan fingerprint density at radius 2 is 1.70 bits per heavy atom. The maximum absolute atomic E-state index is 12.6. The molecule has 0 N–H and O–H groups in total. The zero-order valence-electron chi connectivity index (χ0n) is 20.9. The second-order valence-corrected chi connectivity index (χ2v) is 9.70. The van der Waals surface area contributed by atoms with Gasteiger partial charge in [0.15, 0.2) is 0 Å². The maximum atomic E-state index is 12.6. The zero-order chi connectivity index (χ0) is 23.5. The van der Waals surface area contributed by atoms with Gasteiger partial charge >= 0.3 is 5.97 Å². The average Bonchev–Trinajstić information content (AvgIpc) is 2.86. The molecule has 0 amide bonds. The molecule has 2 aromatic rings. The van der Waals surface area contributed by atoms with Crippen LogP contribution in [-0.2, 0) is 6.42 Å². The van der Waals surface area contributed by atoms with Gasteiger partial charge in [-0.3, -0.25) is 0 Å². The van der Waals surface area contributed by atoms with E-state index in [0.29, 0.717) is 11.3 Å². The standard InChI is InChI=1S/C31H42O2/c1-4-7-8-9-25-14-22-30(23-15-25)33-31(32)29-20-18-28(19-21-29)27-16-12-26(13-17-27)11-10-24(5-2)6-3/h14-16,18-24,26H,4-13,17H2,1-3H3. The molecule has 0 fully saturated rings. The van der Waals surface area contributed by atoms with E-state index < -0.39 is 0 Å². The summed E-state index contributed by atoms with van der Waals surface area (Å²) in [6.07, 6.45) is 16.2. The summed E-state index contributed by atoms with van der Waals surface area (Å²) in [4.78, 5) is 12.6. The first-order valence-electron chi connectivity index (χ1n) is 13.2. The molecule has 1 aliphatic rings. The van der Waals surface area contributed by atoms with Crippen LogP contribution in [0.3, 0.4) is 0 Å². The van der Waals surface area contributed by atoms with Crippen molar-refractivity contribution in [1.29, 1.82) is 0 Å². The van der Waals surface area contributed by atoms with Crippen molar-refractivity contribution < 1.29 is 9.53 Å². The largest absolute Gasteiger partial charge is 0.423 e. The molecular weight excluding hydrogens is 404 g/mol. The number of rotatable bonds is 12. The van der Waals surface area contributed by atoms with E-state index in [1.54, 1.807) is 0 Å². The number of allylic oxidation sites excluding steroid dienone is 2. The van der Waals surface area contributed by atoms with Gasteiger partial charge in [-0.1, -0.05) is 83.2 Å². The van der Waals surface area contributed by atoms with Gasteiger partial charge in [0.2, 0.25) is 0 Å². The molecular formula is C31H42O2. The van der Waals surface area contributed by atoms with Crippen molar-refractivity contribution in [3.05, 3.63) is 71.3 Å². The molecule has 1 aliphatic carbocycles. The molecule has 33 heavy (non-hydrogen) atoms. The summed E-state index contributed by atoms with van der Waals surface area (Å²) in [7, 11) is 0. The van der Waals surface area contributed by atoms with Gasteiger partial charge in [-0.2, -0.15) is 0 Å². The Kier molecular flexibility index (Phi) is 10.2. The molecule has 0 bridgehead atoms. The first-order valence-corrected chi connectivity index (χ1v) is 13.2. The number of carbonyl (C=O) groups is 1. The van der Waals surface area contributed by atoms with Crippen LogP contribution in [0.25, 0.3) is 5.57 Å². The number of hydrogen-bond donors (Lipinski definition) is 0. The van der Waals surface area contributed by atoms with Crippen LogP contribution in [0.5, 0.6) is 5.75 Å². The molecule has 2 aromatic carbocycles. The normalized spacial score (nSPS) is 16.0. The Balaban J connectivity index is 1.50. The van der Waals surface area contributed by atoms with E-state index in [0.717, 1.165) is 24.7 Å². The molecule has 1 atom stereocenters. The van der Waals surface area contributed by atoms with Crippen LogP contribution in [0.1, 0.15) is 106 Å². The van der Waals surface area contributed by atoms with E-state index >= 15 is 0 Å². The zero-order valence-corrected chi connectivity index (χ0v) is 20.9. The third-order valence-electron chi connectivity index (χ3n) is 7.35. The van der Waals surface area contributed by atoms with Gasteiger partial charge in [0.1, 0.15) is 5.75 Å². The molecule has 0 heterocycles. The van der Waals surface area contributed by atoms with Crippen molar-refractivity contribution in [2.75, 3.05) is 0 Å². The van der Waals surface area contributed by atoms with Crippen molar-refractivity contribution in [2.45, 2.75) is 91.4 Å². The lowest BCUT2D eigenvalue weighted by atomic mass is 9.82. The van der Waals surface area contributed by atoms with Crippen LogP contribution in [0, 0.1) is 11.8 Å². The van der Waals surface area contributed by atoms with Gasteiger partial charge in [-0.15, -0.1) is 0 Å². The van der Waals surface area contributed by atoms with Gasteiger partial charge in [-0.05, 0) is 91.3 Å². The number of ether oxygens (including phenoxy) is 1. The van der Waals surface area contributed by atoms with Crippen LogP contribution in [0.2, 0.25) is 0 Å². The van der Waals surface area contributed by atoms with Crippen molar-refractivity contribution in [2.24, 2.45) is 11.8 Å². The molecule has 0 saturated carbocycles. The Morgan fingerprint density at radius 3 is 2.30 bits per heavy atom. The molecule has 2 heteroatoms. The Bertz CT molecular complexity index is 872. The second kappa shape index (κ2) is 13.4. The molecule has 0 radical (unpaired) electrons. The first kappa shape index (κ1) is 25.3. The van der Waals surface area contributed by atoms with Crippen molar-refractivity contribution in [3.63, 3.8) is 0 Å². The van der Waals surface area contributed by atoms with Gasteiger partial charge in [0, 0.05) is 0 Å². The Hall–Kier alpha value is -2.35. The minimum atomic E-state index is -0.292. The predicted octanol–water partition coefficient (Wildman–Crippen LogP) is 9.04. The van der Waals surface area contributed by atoms with E-state index in [4.69, 9.17) is 4.74 Å². The lowest BCUT2D eigenvalue weighted by Crippen LogP contribution is -2.09. The van der Waals surface area contributed by atoms with Gasteiger partial charge in [0.05, 0.1) is 5.56 Å².